The Kier molecular flexibility index (Phi) is 6.85. The molecule has 0 radical (unpaired) electrons. The molecule has 17 heavy (non-hydrogen) atoms. The van der Waals surface area contributed by atoms with Crippen LogP contribution in [0.2, 0.25) is 0 Å². The Labute approximate surface area is 103 Å². The number of ether oxygens (including phenoxy) is 1. The zero-order chi connectivity index (χ0) is 12.3. The highest BCUT2D eigenvalue weighted by atomic mass is 16.5. The van der Waals surface area contributed by atoms with Gasteiger partial charge in [-0.25, -0.2) is 0 Å². The van der Waals surface area contributed by atoms with Gasteiger partial charge in [0.15, 0.2) is 0 Å². The molecule has 0 spiro atoms. The van der Waals surface area contributed by atoms with Crippen LogP contribution in [0.4, 0.5) is 0 Å². The number of nitrogens with one attached hydrogen (secondary N) is 1. The third-order valence-electron chi connectivity index (χ3n) is 2.66. The van der Waals surface area contributed by atoms with Crippen molar-refractivity contribution in [3.63, 3.8) is 0 Å². The summed E-state index contributed by atoms with van der Waals surface area (Å²) in [6, 6.07) is 10.3. The molecule has 0 aliphatic heterocycles. The minimum absolute atomic E-state index is 0.661. The fourth-order valence-corrected chi connectivity index (χ4v) is 1.71. The molecule has 0 heterocycles. The topological polar surface area (TPSA) is 45.0 Å². The minimum Gasteiger partial charge on any atom is -0.496 e. The van der Waals surface area contributed by atoms with Crippen molar-refractivity contribution in [3.05, 3.63) is 29.8 Å². The van der Waals surface area contributed by atoms with E-state index in [1.54, 1.807) is 7.11 Å². The summed E-state index contributed by atoms with van der Waals surface area (Å²) in [6.07, 6.45) is 3.69. The number of hydrogen-bond acceptors (Lipinski definition) is 3. The maximum Gasteiger partial charge on any atom is 0.122 e. The van der Waals surface area contributed by atoms with Crippen molar-refractivity contribution in [1.29, 1.82) is 5.26 Å². The largest absolute Gasteiger partial charge is 0.496 e. The van der Waals surface area contributed by atoms with Gasteiger partial charge in [0.1, 0.15) is 5.75 Å². The van der Waals surface area contributed by atoms with E-state index in [-0.39, 0.29) is 0 Å². The lowest BCUT2D eigenvalue weighted by molar-refractivity contribution is 0.409. The Bertz CT molecular complexity index is 357. The summed E-state index contributed by atoms with van der Waals surface area (Å²) in [7, 11) is 1.70. The number of hydrogen-bond donors (Lipinski definition) is 1. The molecule has 1 aromatic rings. The van der Waals surface area contributed by atoms with Crippen LogP contribution in [-0.2, 0) is 6.42 Å². The van der Waals surface area contributed by atoms with Crippen LogP contribution >= 0.6 is 0 Å². The second kappa shape index (κ2) is 8.60. The number of nitriles is 1. The number of unbranched alkanes of at least 4 members (excludes halogenated alkanes) is 2. The monoisotopic (exact) mass is 232 g/mol. The lowest BCUT2D eigenvalue weighted by atomic mass is 10.1. The Hall–Kier alpha value is -1.53. The Morgan fingerprint density at radius 1 is 1.24 bits per heavy atom. The molecule has 0 fully saturated rings. The van der Waals surface area contributed by atoms with E-state index in [2.05, 4.69) is 17.5 Å². The fraction of sp³-hybridized carbons (Fsp3) is 0.500. The van der Waals surface area contributed by atoms with E-state index in [0.717, 1.165) is 38.1 Å². The molecule has 0 aliphatic carbocycles. The molecular weight excluding hydrogens is 212 g/mol. The summed E-state index contributed by atoms with van der Waals surface area (Å²) in [5.41, 5.74) is 1.24. The Balaban J connectivity index is 2.16. The number of nitrogens with zero attached hydrogens (tertiary/aromatic N) is 1. The molecule has 0 amide bonds. The maximum atomic E-state index is 8.39. The summed E-state index contributed by atoms with van der Waals surface area (Å²) in [6.45, 7) is 1.93. The first-order valence-electron chi connectivity index (χ1n) is 6.08. The molecule has 0 unspecified atom stereocenters. The van der Waals surface area contributed by atoms with Crippen molar-refractivity contribution in [3.8, 4) is 11.8 Å². The van der Waals surface area contributed by atoms with Gasteiger partial charge in [0.25, 0.3) is 0 Å². The summed E-state index contributed by atoms with van der Waals surface area (Å²) in [5.74, 6) is 0.957. The van der Waals surface area contributed by atoms with Gasteiger partial charge in [-0.15, -0.1) is 0 Å². The normalized spacial score (nSPS) is 9.88. The quantitative estimate of drug-likeness (QED) is 0.700. The van der Waals surface area contributed by atoms with E-state index < -0.39 is 0 Å². The van der Waals surface area contributed by atoms with Crippen molar-refractivity contribution in [2.24, 2.45) is 0 Å². The van der Waals surface area contributed by atoms with Crippen LogP contribution in [0.5, 0.6) is 5.75 Å². The van der Waals surface area contributed by atoms with Crippen LogP contribution in [0.1, 0.15) is 24.8 Å². The van der Waals surface area contributed by atoms with Gasteiger partial charge >= 0.3 is 0 Å². The van der Waals surface area contributed by atoms with E-state index in [9.17, 15) is 0 Å². The molecule has 0 bridgehead atoms. The Morgan fingerprint density at radius 3 is 2.82 bits per heavy atom. The number of methoxy groups -OCH3 is 1. The molecule has 0 aliphatic rings. The summed E-state index contributed by atoms with van der Waals surface area (Å²) in [5, 5.41) is 11.8. The molecule has 0 atom stereocenters. The fourth-order valence-electron chi connectivity index (χ4n) is 1.71. The number of rotatable bonds is 8. The first-order valence-corrected chi connectivity index (χ1v) is 6.08. The standard InChI is InChI=1S/C14H20N2O/c1-17-14-8-4-3-7-13(14)9-12-16-11-6-2-5-10-15/h3-4,7-8,16H,2,5-6,9,11-12H2,1H3. The van der Waals surface area contributed by atoms with Gasteiger partial charge in [0.2, 0.25) is 0 Å². The molecule has 1 aromatic carbocycles. The second-order valence-electron chi connectivity index (χ2n) is 3.93. The van der Waals surface area contributed by atoms with Crippen molar-refractivity contribution in [2.45, 2.75) is 25.7 Å². The van der Waals surface area contributed by atoms with Crippen molar-refractivity contribution in [1.82, 2.24) is 5.32 Å². The molecule has 1 N–H and O–H groups in total. The van der Waals surface area contributed by atoms with Crippen LogP contribution < -0.4 is 10.1 Å². The molecular formula is C14H20N2O. The molecule has 1 rings (SSSR count). The predicted molar refractivity (Wildman–Crippen MR) is 69.0 cm³/mol. The van der Waals surface area contributed by atoms with Crippen LogP contribution in [0.15, 0.2) is 24.3 Å². The minimum atomic E-state index is 0.661. The molecule has 3 nitrogen and oxygen atoms in total. The van der Waals surface area contributed by atoms with Crippen molar-refractivity contribution >= 4 is 0 Å². The Morgan fingerprint density at radius 2 is 2.06 bits per heavy atom. The summed E-state index contributed by atoms with van der Waals surface area (Å²) < 4.78 is 5.29. The first-order chi connectivity index (χ1) is 8.38. The lowest BCUT2D eigenvalue weighted by Gasteiger charge is -2.08. The first kappa shape index (κ1) is 13.5. The molecule has 3 heteroatoms. The third kappa shape index (κ3) is 5.37. The van der Waals surface area contributed by atoms with Gasteiger partial charge in [0.05, 0.1) is 13.2 Å². The average molecular weight is 232 g/mol. The second-order valence-corrected chi connectivity index (χ2v) is 3.93. The zero-order valence-electron chi connectivity index (χ0n) is 10.4. The average Bonchev–Trinajstić information content (AvgIpc) is 2.38. The van der Waals surface area contributed by atoms with Crippen molar-refractivity contribution in [2.75, 3.05) is 20.2 Å². The summed E-state index contributed by atoms with van der Waals surface area (Å²) in [4.78, 5) is 0. The van der Waals surface area contributed by atoms with Gasteiger partial charge < -0.3 is 10.1 Å². The highest BCUT2D eigenvalue weighted by Crippen LogP contribution is 2.17. The van der Waals surface area contributed by atoms with E-state index in [4.69, 9.17) is 10.00 Å². The van der Waals surface area contributed by atoms with E-state index in [0.29, 0.717) is 6.42 Å². The SMILES string of the molecule is COc1ccccc1CCNCCCCC#N. The molecule has 0 saturated carbocycles. The smallest absolute Gasteiger partial charge is 0.122 e. The molecule has 92 valence electrons. The summed E-state index contributed by atoms with van der Waals surface area (Å²) >= 11 is 0. The van der Waals surface area contributed by atoms with Gasteiger partial charge in [-0.1, -0.05) is 18.2 Å². The highest BCUT2D eigenvalue weighted by Gasteiger charge is 2.00. The molecule has 0 aromatic heterocycles. The predicted octanol–water partition coefficient (Wildman–Crippen LogP) is 2.52. The lowest BCUT2D eigenvalue weighted by Crippen LogP contribution is -2.18. The van der Waals surface area contributed by atoms with Crippen LogP contribution in [-0.4, -0.2) is 20.2 Å². The van der Waals surface area contributed by atoms with E-state index in [1.165, 1.54) is 5.56 Å². The highest BCUT2D eigenvalue weighted by molar-refractivity contribution is 5.33. The van der Waals surface area contributed by atoms with Gasteiger partial charge in [-0.05, 0) is 44.0 Å². The van der Waals surface area contributed by atoms with Crippen LogP contribution in [0, 0.1) is 11.3 Å². The van der Waals surface area contributed by atoms with Gasteiger partial charge in [-0.2, -0.15) is 5.26 Å². The van der Waals surface area contributed by atoms with E-state index >= 15 is 0 Å². The third-order valence-corrected chi connectivity index (χ3v) is 2.66. The van der Waals surface area contributed by atoms with Gasteiger partial charge in [0, 0.05) is 6.42 Å². The zero-order valence-corrected chi connectivity index (χ0v) is 10.4. The van der Waals surface area contributed by atoms with Crippen molar-refractivity contribution < 1.29 is 4.74 Å². The van der Waals surface area contributed by atoms with Gasteiger partial charge in [-0.3, -0.25) is 0 Å². The van der Waals surface area contributed by atoms with Crippen LogP contribution in [0.3, 0.4) is 0 Å². The number of para-hydroxylation sites is 1. The van der Waals surface area contributed by atoms with E-state index in [1.807, 2.05) is 18.2 Å². The number of benzene rings is 1. The maximum absolute atomic E-state index is 8.39. The van der Waals surface area contributed by atoms with Crippen LogP contribution in [0.25, 0.3) is 0 Å². The molecule has 0 saturated heterocycles.